The average molecular weight is 573 g/mol. The fourth-order valence-electron chi connectivity index (χ4n) is 4.46. The van der Waals surface area contributed by atoms with E-state index >= 15 is 8.78 Å². The maximum absolute atomic E-state index is 16.5. The molecule has 6 aromatic rings. The van der Waals surface area contributed by atoms with Crippen LogP contribution in [0.25, 0.3) is 33.9 Å². The standard InChI is InChI=1S/C31H21F5N6/c1-20-12-14-41(39-20)28-18-23(21-8-4-2-5-9-21)16-26(37-28)30(32,33)27-17-24(22-10-6-3-7-11-22)19-29(38-27)42-15-13-25(40-42)31(34,35)36/h2-19H,1H3. The second-order valence-electron chi connectivity index (χ2n) is 9.55. The Labute approximate surface area is 236 Å². The summed E-state index contributed by atoms with van der Waals surface area (Å²) in [5.41, 5.74) is 0.250. The molecule has 6 rings (SSSR count). The van der Waals surface area contributed by atoms with Gasteiger partial charge in [0.1, 0.15) is 11.4 Å². The van der Waals surface area contributed by atoms with E-state index in [9.17, 15) is 13.2 Å². The molecule has 0 fully saturated rings. The molecule has 210 valence electrons. The van der Waals surface area contributed by atoms with Crippen LogP contribution in [0.15, 0.2) is 109 Å². The molecule has 6 nitrogen and oxygen atoms in total. The highest BCUT2D eigenvalue weighted by Crippen LogP contribution is 2.38. The normalized spacial score (nSPS) is 12.0. The molecule has 2 aromatic carbocycles. The quantitative estimate of drug-likeness (QED) is 0.192. The molecule has 0 aliphatic rings. The van der Waals surface area contributed by atoms with Crippen LogP contribution in [-0.4, -0.2) is 29.5 Å². The molecule has 0 amide bonds. The fourth-order valence-corrected chi connectivity index (χ4v) is 4.46. The van der Waals surface area contributed by atoms with Crippen LogP contribution in [0.3, 0.4) is 0 Å². The molecule has 42 heavy (non-hydrogen) atoms. The van der Waals surface area contributed by atoms with E-state index in [1.165, 1.54) is 22.9 Å². The minimum absolute atomic E-state index is 0.167. The first-order valence-electron chi connectivity index (χ1n) is 12.8. The first-order chi connectivity index (χ1) is 20.1. The van der Waals surface area contributed by atoms with Crippen molar-refractivity contribution in [2.75, 3.05) is 0 Å². The van der Waals surface area contributed by atoms with Gasteiger partial charge in [0.25, 0.3) is 0 Å². The van der Waals surface area contributed by atoms with Gasteiger partial charge in [0, 0.05) is 12.4 Å². The highest BCUT2D eigenvalue weighted by Gasteiger charge is 2.39. The molecule has 0 aliphatic heterocycles. The van der Waals surface area contributed by atoms with Gasteiger partial charge in [-0.15, -0.1) is 0 Å². The monoisotopic (exact) mass is 572 g/mol. The largest absolute Gasteiger partial charge is 0.435 e. The zero-order valence-electron chi connectivity index (χ0n) is 22.0. The lowest BCUT2D eigenvalue weighted by atomic mass is 10.0. The van der Waals surface area contributed by atoms with Crippen molar-refractivity contribution in [3.8, 4) is 33.9 Å². The molecule has 0 spiro atoms. The van der Waals surface area contributed by atoms with Crippen molar-refractivity contribution < 1.29 is 22.0 Å². The molecular weight excluding hydrogens is 551 g/mol. The van der Waals surface area contributed by atoms with Gasteiger partial charge in [-0.2, -0.15) is 32.1 Å². The third kappa shape index (κ3) is 5.28. The van der Waals surface area contributed by atoms with Crippen molar-refractivity contribution in [2.24, 2.45) is 0 Å². The lowest BCUT2D eigenvalue weighted by Crippen LogP contribution is -2.21. The predicted molar refractivity (Wildman–Crippen MR) is 146 cm³/mol. The number of halogens is 5. The third-order valence-corrected chi connectivity index (χ3v) is 6.55. The summed E-state index contributed by atoms with van der Waals surface area (Å²) in [4.78, 5) is 8.37. The van der Waals surface area contributed by atoms with Gasteiger partial charge in [-0.3, -0.25) is 0 Å². The number of hydrogen-bond acceptors (Lipinski definition) is 4. The minimum atomic E-state index is -4.71. The molecule has 4 heterocycles. The van der Waals surface area contributed by atoms with Crippen LogP contribution in [0, 0.1) is 6.92 Å². The maximum atomic E-state index is 16.5. The van der Waals surface area contributed by atoms with E-state index in [0.717, 1.165) is 16.9 Å². The number of aryl methyl sites for hydroxylation is 1. The number of nitrogens with zero attached hydrogens (tertiary/aromatic N) is 6. The van der Waals surface area contributed by atoms with E-state index in [1.54, 1.807) is 79.9 Å². The number of pyridine rings is 2. The maximum Gasteiger partial charge on any atom is 0.435 e. The number of alkyl halides is 5. The van der Waals surface area contributed by atoms with Crippen molar-refractivity contribution in [2.45, 2.75) is 19.0 Å². The smallest absolute Gasteiger partial charge is 0.227 e. The molecule has 0 bridgehead atoms. The van der Waals surface area contributed by atoms with Crippen molar-refractivity contribution in [3.05, 3.63) is 132 Å². The van der Waals surface area contributed by atoms with Gasteiger partial charge in [-0.05, 0) is 65.6 Å². The molecule has 0 saturated carbocycles. The van der Waals surface area contributed by atoms with E-state index in [4.69, 9.17) is 0 Å². The van der Waals surface area contributed by atoms with Gasteiger partial charge in [-0.25, -0.2) is 19.3 Å². The van der Waals surface area contributed by atoms with Crippen LogP contribution in [0.5, 0.6) is 0 Å². The van der Waals surface area contributed by atoms with E-state index in [2.05, 4.69) is 20.2 Å². The summed E-state index contributed by atoms with van der Waals surface area (Å²) < 4.78 is 75.1. The van der Waals surface area contributed by atoms with Crippen molar-refractivity contribution in [3.63, 3.8) is 0 Å². The van der Waals surface area contributed by atoms with Gasteiger partial charge in [-0.1, -0.05) is 60.7 Å². The Balaban J connectivity index is 1.54. The molecule has 0 saturated heterocycles. The van der Waals surface area contributed by atoms with Crippen LogP contribution < -0.4 is 0 Å². The van der Waals surface area contributed by atoms with E-state index in [0.29, 0.717) is 27.9 Å². The lowest BCUT2D eigenvalue weighted by Gasteiger charge is -2.19. The van der Waals surface area contributed by atoms with E-state index in [-0.39, 0.29) is 11.6 Å². The number of benzene rings is 2. The molecule has 11 heteroatoms. The van der Waals surface area contributed by atoms with E-state index < -0.39 is 29.2 Å². The molecular formula is C31H21F5N6. The third-order valence-electron chi connectivity index (χ3n) is 6.55. The topological polar surface area (TPSA) is 61.4 Å². The Kier molecular flexibility index (Phi) is 6.64. The first kappa shape index (κ1) is 27.0. The molecule has 0 N–H and O–H groups in total. The summed E-state index contributed by atoms with van der Waals surface area (Å²) in [6.45, 7) is 1.77. The molecule has 0 atom stereocenters. The second kappa shape index (κ2) is 10.3. The summed E-state index contributed by atoms with van der Waals surface area (Å²) in [5, 5.41) is 7.88. The Morgan fingerprint density at radius 2 is 1.00 bits per heavy atom. The Bertz CT molecular complexity index is 1860. The zero-order valence-corrected chi connectivity index (χ0v) is 22.0. The molecule has 4 aromatic heterocycles. The van der Waals surface area contributed by atoms with Crippen LogP contribution >= 0.6 is 0 Å². The molecule has 0 aliphatic carbocycles. The van der Waals surface area contributed by atoms with Crippen molar-refractivity contribution in [1.29, 1.82) is 0 Å². The highest BCUT2D eigenvalue weighted by atomic mass is 19.4. The van der Waals surface area contributed by atoms with E-state index in [1.807, 2.05) is 6.07 Å². The van der Waals surface area contributed by atoms with Crippen LogP contribution in [0.1, 0.15) is 22.8 Å². The van der Waals surface area contributed by atoms with Crippen LogP contribution in [0.2, 0.25) is 0 Å². The Morgan fingerprint density at radius 3 is 1.43 bits per heavy atom. The summed E-state index contributed by atoms with van der Waals surface area (Å²) in [6, 6.07) is 25.7. The summed E-state index contributed by atoms with van der Waals surface area (Å²) in [5.74, 6) is -3.80. The Hall–Kier alpha value is -5.19. The highest BCUT2D eigenvalue weighted by molar-refractivity contribution is 5.68. The fraction of sp³-hybridized carbons (Fsp3) is 0.0968. The number of rotatable bonds is 6. The summed E-state index contributed by atoms with van der Waals surface area (Å²) in [6.07, 6.45) is -2.05. The zero-order chi connectivity index (χ0) is 29.5. The second-order valence-corrected chi connectivity index (χ2v) is 9.55. The average Bonchev–Trinajstić information content (AvgIpc) is 3.68. The SMILES string of the molecule is Cc1ccn(-c2cc(-c3ccccc3)cc(C(F)(F)c3cc(-c4ccccc4)cc(-n4ccc(C(F)(F)F)n4)n3)n2)n1. The lowest BCUT2D eigenvalue weighted by molar-refractivity contribution is -0.141. The summed E-state index contributed by atoms with van der Waals surface area (Å²) >= 11 is 0. The molecule has 0 unspecified atom stereocenters. The van der Waals surface area contributed by atoms with Gasteiger partial charge < -0.3 is 0 Å². The van der Waals surface area contributed by atoms with Gasteiger partial charge in [0.2, 0.25) is 0 Å². The predicted octanol–water partition coefficient (Wildman–Crippen LogP) is 7.65. The van der Waals surface area contributed by atoms with Gasteiger partial charge in [0.15, 0.2) is 17.3 Å². The Morgan fingerprint density at radius 1 is 0.524 bits per heavy atom. The van der Waals surface area contributed by atoms with Crippen molar-refractivity contribution >= 4 is 0 Å². The van der Waals surface area contributed by atoms with Crippen LogP contribution in [-0.2, 0) is 12.1 Å². The molecule has 0 radical (unpaired) electrons. The number of hydrogen-bond donors (Lipinski definition) is 0. The van der Waals surface area contributed by atoms with Gasteiger partial charge in [0.05, 0.1) is 5.69 Å². The van der Waals surface area contributed by atoms with Gasteiger partial charge >= 0.3 is 12.1 Å². The number of aromatic nitrogens is 6. The minimum Gasteiger partial charge on any atom is -0.227 e. The summed E-state index contributed by atoms with van der Waals surface area (Å²) in [7, 11) is 0. The van der Waals surface area contributed by atoms with Crippen LogP contribution in [0.4, 0.5) is 22.0 Å². The first-order valence-corrected chi connectivity index (χ1v) is 12.8. The van der Waals surface area contributed by atoms with Crippen molar-refractivity contribution in [1.82, 2.24) is 29.5 Å².